The van der Waals surface area contributed by atoms with Gasteiger partial charge in [-0.3, -0.25) is 10.1 Å². The topological polar surface area (TPSA) is 58.4 Å². The van der Waals surface area contributed by atoms with Crippen LogP contribution in [0.3, 0.4) is 0 Å². The molecular weight excluding hydrogens is 266 g/mol. The van der Waals surface area contributed by atoms with Gasteiger partial charge >= 0.3 is 0 Å². The molecular formula is C16H25N3O2. The molecule has 1 aliphatic rings. The van der Waals surface area contributed by atoms with E-state index >= 15 is 0 Å². The average molecular weight is 291 g/mol. The molecule has 0 aromatic heterocycles. The maximum atomic E-state index is 10.6. The van der Waals surface area contributed by atoms with Crippen molar-refractivity contribution in [2.24, 2.45) is 0 Å². The molecule has 0 radical (unpaired) electrons. The second kappa shape index (κ2) is 8.10. The molecule has 1 N–H and O–H groups in total. The molecule has 0 spiro atoms. The van der Waals surface area contributed by atoms with Crippen LogP contribution in [0.4, 0.5) is 5.69 Å². The summed E-state index contributed by atoms with van der Waals surface area (Å²) in [6.07, 6.45) is 4.84. The molecule has 5 heteroatoms. The Balaban J connectivity index is 1.80. The Kier molecular flexibility index (Phi) is 6.14. The van der Waals surface area contributed by atoms with Gasteiger partial charge in [0.05, 0.1) is 4.92 Å². The van der Waals surface area contributed by atoms with Crippen molar-refractivity contribution in [3.05, 3.63) is 39.9 Å². The summed E-state index contributed by atoms with van der Waals surface area (Å²) in [6, 6.07) is 7.54. The summed E-state index contributed by atoms with van der Waals surface area (Å²) in [5, 5.41) is 14.2. The summed E-state index contributed by atoms with van der Waals surface area (Å²) in [5.74, 6) is 0. The minimum Gasteiger partial charge on any atom is -0.313 e. The Hall–Kier alpha value is -1.46. The lowest BCUT2D eigenvalue weighted by Gasteiger charge is -2.29. The fourth-order valence-electron chi connectivity index (χ4n) is 2.84. The highest BCUT2D eigenvalue weighted by Crippen LogP contribution is 2.13. The van der Waals surface area contributed by atoms with Crippen molar-refractivity contribution < 1.29 is 4.92 Å². The Bertz CT molecular complexity index is 441. The number of piperidine rings is 1. The van der Waals surface area contributed by atoms with Crippen LogP contribution in [0.15, 0.2) is 24.3 Å². The van der Waals surface area contributed by atoms with E-state index in [4.69, 9.17) is 0 Å². The molecule has 116 valence electrons. The Labute approximate surface area is 126 Å². The molecule has 0 saturated carbocycles. The number of nitrogens with one attached hydrogen (secondary N) is 1. The summed E-state index contributed by atoms with van der Waals surface area (Å²) in [7, 11) is 0. The van der Waals surface area contributed by atoms with Gasteiger partial charge in [-0.25, -0.2) is 0 Å². The van der Waals surface area contributed by atoms with E-state index in [2.05, 4.69) is 17.1 Å². The van der Waals surface area contributed by atoms with Crippen LogP contribution in [-0.2, 0) is 6.42 Å². The number of likely N-dealkylation sites (N-methyl/N-ethyl adjacent to an activating group) is 1. The average Bonchev–Trinajstić information content (AvgIpc) is 2.52. The molecule has 1 saturated heterocycles. The highest BCUT2D eigenvalue weighted by Gasteiger charge is 2.15. The molecule has 1 aliphatic heterocycles. The molecule has 2 rings (SSSR count). The summed E-state index contributed by atoms with van der Waals surface area (Å²) < 4.78 is 0. The highest BCUT2D eigenvalue weighted by atomic mass is 16.6. The molecule has 1 aromatic carbocycles. The van der Waals surface area contributed by atoms with Gasteiger partial charge in [0, 0.05) is 31.3 Å². The fourth-order valence-corrected chi connectivity index (χ4v) is 2.84. The van der Waals surface area contributed by atoms with Crippen LogP contribution in [0.2, 0.25) is 0 Å². The predicted octanol–water partition coefficient (Wildman–Crippen LogP) is 2.60. The van der Waals surface area contributed by atoms with Crippen molar-refractivity contribution in [3.63, 3.8) is 0 Å². The normalized spacial score (nSPS) is 18.9. The quantitative estimate of drug-likeness (QED) is 0.619. The van der Waals surface area contributed by atoms with Crippen molar-refractivity contribution >= 4 is 5.69 Å². The molecule has 1 unspecified atom stereocenters. The number of non-ortho nitro benzene ring substituents is 1. The molecule has 0 aliphatic carbocycles. The molecule has 21 heavy (non-hydrogen) atoms. The molecule has 5 nitrogen and oxygen atoms in total. The Morgan fingerprint density at radius 2 is 2.10 bits per heavy atom. The number of hydrogen-bond acceptors (Lipinski definition) is 4. The molecule has 1 fully saturated rings. The lowest BCUT2D eigenvalue weighted by Crippen LogP contribution is -2.44. The van der Waals surface area contributed by atoms with Crippen molar-refractivity contribution in [1.82, 2.24) is 10.2 Å². The van der Waals surface area contributed by atoms with Gasteiger partial charge in [-0.15, -0.1) is 0 Å². The van der Waals surface area contributed by atoms with E-state index < -0.39 is 0 Å². The van der Waals surface area contributed by atoms with E-state index in [1.165, 1.54) is 19.3 Å². The highest BCUT2D eigenvalue weighted by molar-refractivity contribution is 5.32. The zero-order chi connectivity index (χ0) is 15.1. The molecule has 0 amide bonds. The molecule has 0 bridgehead atoms. The van der Waals surface area contributed by atoms with Crippen LogP contribution in [0, 0.1) is 10.1 Å². The van der Waals surface area contributed by atoms with Gasteiger partial charge in [0.1, 0.15) is 0 Å². The van der Waals surface area contributed by atoms with E-state index in [0.717, 1.165) is 38.2 Å². The van der Waals surface area contributed by atoms with E-state index in [0.29, 0.717) is 6.04 Å². The summed E-state index contributed by atoms with van der Waals surface area (Å²) in [6.45, 7) is 6.49. The molecule has 1 heterocycles. The van der Waals surface area contributed by atoms with Crippen LogP contribution in [0.5, 0.6) is 0 Å². The first-order chi connectivity index (χ1) is 10.2. The van der Waals surface area contributed by atoms with E-state index in [9.17, 15) is 10.1 Å². The zero-order valence-corrected chi connectivity index (χ0v) is 12.8. The van der Waals surface area contributed by atoms with Crippen LogP contribution >= 0.6 is 0 Å². The fraction of sp³-hybridized carbons (Fsp3) is 0.625. The molecule has 1 aromatic rings. The van der Waals surface area contributed by atoms with Crippen LogP contribution in [0.1, 0.15) is 31.7 Å². The first kappa shape index (κ1) is 15.9. The Morgan fingerprint density at radius 1 is 1.33 bits per heavy atom. The first-order valence-electron chi connectivity index (χ1n) is 7.88. The van der Waals surface area contributed by atoms with Gasteiger partial charge in [-0.05, 0) is 37.9 Å². The summed E-state index contributed by atoms with van der Waals surface area (Å²) >= 11 is 0. The third-order valence-electron chi connectivity index (χ3n) is 4.20. The predicted molar refractivity (Wildman–Crippen MR) is 84.6 cm³/mol. The van der Waals surface area contributed by atoms with Gasteiger partial charge in [0.25, 0.3) is 5.69 Å². The lowest BCUT2D eigenvalue weighted by atomic mass is 10.0. The third-order valence-corrected chi connectivity index (χ3v) is 4.20. The van der Waals surface area contributed by atoms with Gasteiger partial charge < -0.3 is 10.2 Å². The second-order valence-electron chi connectivity index (χ2n) is 5.71. The maximum absolute atomic E-state index is 10.6. The minimum atomic E-state index is -0.350. The SMILES string of the molecule is CCN(CCc1ccc([N+](=O)[O-])cc1)CC1CCCCN1. The van der Waals surface area contributed by atoms with E-state index in [-0.39, 0.29) is 10.6 Å². The largest absolute Gasteiger partial charge is 0.313 e. The monoisotopic (exact) mass is 291 g/mol. The minimum absolute atomic E-state index is 0.164. The number of nitrogens with zero attached hydrogens (tertiary/aromatic N) is 2. The van der Waals surface area contributed by atoms with E-state index in [1.54, 1.807) is 12.1 Å². The van der Waals surface area contributed by atoms with Crippen LogP contribution < -0.4 is 5.32 Å². The second-order valence-corrected chi connectivity index (χ2v) is 5.71. The number of benzene rings is 1. The smallest absolute Gasteiger partial charge is 0.269 e. The standard InChI is InChI=1S/C16H25N3O2/c1-2-18(13-15-5-3-4-11-17-15)12-10-14-6-8-16(9-7-14)19(20)21/h6-9,15,17H,2-5,10-13H2,1H3. The van der Waals surface area contributed by atoms with Crippen LogP contribution in [-0.4, -0.2) is 42.0 Å². The van der Waals surface area contributed by atoms with Gasteiger partial charge in [0.2, 0.25) is 0 Å². The third kappa shape index (κ3) is 5.10. The molecule has 1 atom stereocenters. The summed E-state index contributed by atoms with van der Waals surface area (Å²) in [4.78, 5) is 12.7. The lowest BCUT2D eigenvalue weighted by molar-refractivity contribution is -0.384. The van der Waals surface area contributed by atoms with Gasteiger partial charge in [0.15, 0.2) is 0 Å². The maximum Gasteiger partial charge on any atom is 0.269 e. The zero-order valence-electron chi connectivity index (χ0n) is 12.8. The van der Waals surface area contributed by atoms with Crippen molar-refractivity contribution in [3.8, 4) is 0 Å². The number of hydrogen-bond donors (Lipinski definition) is 1. The number of nitro groups is 1. The van der Waals surface area contributed by atoms with Gasteiger partial charge in [-0.1, -0.05) is 25.5 Å². The Morgan fingerprint density at radius 3 is 2.67 bits per heavy atom. The van der Waals surface area contributed by atoms with Crippen molar-refractivity contribution in [2.75, 3.05) is 26.2 Å². The van der Waals surface area contributed by atoms with Crippen LogP contribution in [0.25, 0.3) is 0 Å². The number of rotatable bonds is 7. The number of nitro benzene ring substituents is 1. The first-order valence-corrected chi connectivity index (χ1v) is 7.88. The summed E-state index contributed by atoms with van der Waals surface area (Å²) in [5.41, 5.74) is 1.33. The van der Waals surface area contributed by atoms with Gasteiger partial charge in [-0.2, -0.15) is 0 Å². The van der Waals surface area contributed by atoms with Crippen molar-refractivity contribution in [2.45, 2.75) is 38.6 Å². The van der Waals surface area contributed by atoms with E-state index in [1.807, 2.05) is 12.1 Å². The van der Waals surface area contributed by atoms with Crippen molar-refractivity contribution in [1.29, 1.82) is 0 Å².